The third-order valence-corrected chi connectivity index (χ3v) is 5.09. The summed E-state index contributed by atoms with van der Waals surface area (Å²) in [6.45, 7) is 0.756. The lowest BCUT2D eigenvalue weighted by Crippen LogP contribution is -2.55. The fourth-order valence-electron chi connectivity index (χ4n) is 3.66. The highest BCUT2D eigenvalue weighted by Gasteiger charge is 2.33. The van der Waals surface area contributed by atoms with Gasteiger partial charge in [0.2, 0.25) is 5.91 Å². The van der Waals surface area contributed by atoms with Gasteiger partial charge in [-0.2, -0.15) is 0 Å². The summed E-state index contributed by atoms with van der Waals surface area (Å²) in [6, 6.07) is -0.194. The van der Waals surface area contributed by atoms with Gasteiger partial charge in [-0.3, -0.25) is 4.79 Å². The Morgan fingerprint density at radius 2 is 1.88 bits per heavy atom. The zero-order chi connectivity index (χ0) is 18.8. The number of ether oxygens (including phenoxy) is 2. The van der Waals surface area contributed by atoms with Gasteiger partial charge in [-0.25, -0.2) is 4.79 Å². The first-order chi connectivity index (χ1) is 12.6. The van der Waals surface area contributed by atoms with Crippen molar-refractivity contribution in [2.24, 2.45) is 0 Å². The van der Waals surface area contributed by atoms with E-state index in [0.717, 1.165) is 25.7 Å². The van der Waals surface area contributed by atoms with Crippen LogP contribution in [-0.4, -0.2) is 68.2 Å². The molecule has 1 saturated carbocycles. The largest absolute Gasteiger partial charge is 0.394 e. The Balaban J connectivity index is 1.72. The number of hydrogen-bond acceptors (Lipinski definition) is 5. The molecule has 0 aromatic heterocycles. The Labute approximate surface area is 155 Å². The number of hydrogen-bond donors (Lipinski definition) is 4. The minimum absolute atomic E-state index is 0.0924. The Bertz CT molecular complexity index is 443. The molecule has 0 unspecified atom stereocenters. The summed E-state index contributed by atoms with van der Waals surface area (Å²) >= 11 is 0. The monoisotopic (exact) mass is 371 g/mol. The zero-order valence-corrected chi connectivity index (χ0v) is 15.7. The van der Waals surface area contributed by atoms with Gasteiger partial charge in [0.05, 0.1) is 31.8 Å². The van der Waals surface area contributed by atoms with E-state index in [1.165, 1.54) is 6.42 Å². The normalized spacial score (nSPS) is 26.9. The number of carbonyl (C=O) groups excluding carboxylic acids is 2. The van der Waals surface area contributed by atoms with Gasteiger partial charge in [0.25, 0.3) is 0 Å². The maximum Gasteiger partial charge on any atom is 0.315 e. The molecule has 2 fully saturated rings. The van der Waals surface area contributed by atoms with Crippen LogP contribution >= 0.6 is 0 Å². The summed E-state index contributed by atoms with van der Waals surface area (Å²) < 4.78 is 10.7. The molecule has 3 atom stereocenters. The Morgan fingerprint density at radius 1 is 1.12 bits per heavy atom. The summed E-state index contributed by atoms with van der Waals surface area (Å²) in [6.07, 6.45) is 6.48. The van der Waals surface area contributed by atoms with Crippen LogP contribution in [0.25, 0.3) is 0 Å². The smallest absolute Gasteiger partial charge is 0.315 e. The van der Waals surface area contributed by atoms with E-state index in [1.807, 2.05) is 0 Å². The summed E-state index contributed by atoms with van der Waals surface area (Å²) in [5.41, 5.74) is 0. The quantitative estimate of drug-likeness (QED) is 0.469. The van der Waals surface area contributed by atoms with Crippen molar-refractivity contribution < 1.29 is 24.2 Å². The maximum absolute atomic E-state index is 12.2. The summed E-state index contributed by atoms with van der Waals surface area (Å²) in [5, 5.41) is 18.3. The molecule has 0 radical (unpaired) electrons. The highest BCUT2D eigenvalue weighted by Crippen LogP contribution is 2.22. The van der Waals surface area contributed by atoms with Crippen LogP contribution in [0.2, 0.25) is 0 Å². The number of amides is 3. The number of aliphatic hydroxyl groups excluding tert-OH is 1. The summed E-state index contributed by atoms with van der Waals surface area (Å²) in [7, 11) is 1.58. The molecular weight excluding hydrogens is 338 g/mol. The number of nitrogens with one attached hydrogen (secondary N) is 3. The minimum Gasteiger partial charge on any atom is -0.394 e. The lowest BCUT2D eigenvalue weighted by Gasteiger charge is -2.36. The molecule has 0 aromatic carbocycles. The second-order valence-corrected chi connectivity index (χ2v) is 7.16. The van der Waals surface area contributed by atoms with E-state index in [2.05, 4.69) is 16.0 Å². The lowest BCUT2D eigenvalue weighted by atomic mass is 9.95. The molecule has 1 aliphatic heterocycles. The fraction of sp³-hybridized carbons (Fsp3) is 0.889. The van der Waals surface area contributed by atoms with Crippen molar-refractivity contribution in [3.63, 3.8) is 0 Å². The number of carbonyl (C=O) groups is 2. The van der Waals surface area contributed by atoms with E-state index in [0.29, 0.717) is 26.0 Å². The van der Waals surface area contributed by atoms with Crippen LogP contribution in [0.4, 0.5) is 4.79 Å². The van der Waals surface area contributed by atoms with Gasteiger partial charge in [0.1, 0.15) is 6.10 Å². The Hall–Kier alpha value is -1.38. The lowest BCUT2D eigenvalue weighted by molar-refractivity contribution is -0.130. The SMILES string of the molecule is COCCNC(=O)C[C@@H]1CC[C@@H](NC(=O)NC2CCCCC2)[C@H](CO)O1. The van der Waals surface area contributed by atoms with E-state index in [1.54, 1.807) is 7.11 Å². The fourth-order valence-corrected chi connectivity index (χ4v) is 3.66. The highest BCUT2D eigenvalue weighted by atomic mass is 16.5. The average Bonchev–Trinajstić information content (AvgIpc) is 2.64. The molecule has 8 heteroatoms. The van der Waals surface area contributed by atoms with E-state index in [4.69, 9.17) is 9.47 Å². The predicted octanol–water partition coefficient (Wildman–Crippen LogP) is 0.680. The number of rotatable bonds is 8. The van der Waals surface area contributed by atoms with Crippen molar-refractivity contribution in [2.45, 2.75) is 75.7 Å². The number of methoxy groups -OCH3 is 1. The van der Waals surface area contributed by atoms with Crippen LogP contribution in [0, 0.1) is 0 Å². The van der Waals surface area contributed by atoms with Gasteiger partial charge in [-0.1, -0.05) is 19.3 Å². The van der Waals surface area contributed by atoms with Gasteiger partial charge >= 0.3 is 6.03 Å². The molecule has 2 aliphatic rings. The van der Waals surface area contributed by atoms with E-state index in [-0.39, 0.29) is 43.2 Å². The molecule has 0 spiro atoms. The van der Waals surface area contributed by atoms with Crippen molar-refractivity contribution in [3.8, 4) is 0 Å². The molecule has 4 N–H and O–H groups in total. The van der Waals surface area contributed by atoms with Crippen LogP contribution in [0.1, 0.15) is 51.4 Å². The average molecular weight is 371 g/mol. The first kappa shape index (κ1) is 20.9. The van der Waals surface area contributed by atoms with Crippen molar-refractivity contribution in [1.29, 1.82) is 0 Å². The van der Waals surface area contributed by atoms with Crippen molar-refractivity contribution in [2.75, 3.05) is 26.9 Å². The first-order valence-electron chi connectivity index (χ1n) is 9.71. The van der Waals surface area contributed by atoms with Gasteiger partial charge in [0.15, 0.2) is 0 Å². The van der Waals surface area contributed by atoms with Crippen LogP contribution < -0.4 is 16.0 Å². The van der Waals surface area contributed by atoms with Gasteiger partial charge in [-0.05, 0) is 25.7 Å². The number of aliphatic hydroxyl groups is 1. The maximum atomic E-state index is 12.2. The number of urea groups is 1. The Kier molecular flexibility index (Phi) is 9.14. The van der Waals surface area contributed by atoms with Crippen LogP contribution in [-0.2, 0) is 14.3 Å². The third-order valence-electron chi connectivity index (χ3n) is 5.09. The molecule has 0 aromatic rings. The van der Waals surface area contributed by atoms with Crippen LogP contribution in [0.15, 0.2) is 0 Å². The van der Waals surface area contributed by atoms with Crippen LogP contribution in [0.3, 0.4) is 0 Å². The van der Waals surface area contributed by atoms with Crippen LogP contribution in [0.5, 0.6) is 0 Å². The second-order valence-electron chi connectivity index (χ2n) is 7.16. The predicted molar refractivity (Wildman–Crippen MR) is 96.8 cm³/mol. The standard InChI is InChI=1S/C18H33N3O5/c1-25-10-9-19-17(23)11-14-7-8-15(16(12-22)26-14)21-18(24)20-13-5-3-2-4-6-13/h13-16,22H,2-12H2,1H3,(H,19,23)(H2,20,21,24)/t14-,15+,16-/m0/s1. The summed E-state index contributed by atoms with van der Waals surface area (Å²) in [4.78, 5) is 24.1. The van der Waals surface area contributed by atoms with E-state index in [9.17, 15) is 14.7 Å². The highest BCUT2D eigenvalue weighted by molar-refractivity contribution is 5.76. The third kappa shape index (κ3) is 7.09. The minimum atomic E-state index is -0.488. The molecule has 0 bridgehead atoms. The van der Waals surface area contributed by atoms with Gasteiger partial charge in [0, 0.05) is 19.7 Å². The topological polar surface area (TPSA) is 109 Å². The first-order valence-corrected chi connectivity index (χ1v) is 9.71. The Morgan fingerprint density at radius 3 is 2.58 bits per heavy atom. The second kappa shape index (κ2) is 11.4. The van der Waals surface area contributed by atoms with Gasteiger partial charge < -0.3 is 30.5 Å². The molecule has 1 heterocycles. The van der Waals surface area contributed by atoms with Crippen molar-refractivity contribution >= 4 is 11.9 Å². The molecule has 2 rings (SSSR count). The molecule has 1 aliphatic carbocycles. The molecule has 1 saturated heterocycles. The molecule has 26 heavy (non-hydrogen) atoms. The zero-order valence-electron chi connectivity index (χ0n) is 15.7. The van der Waals surface area contributed by atoms with Gasteiger partial charge in [-0.15, -0.1) is 0 Å². The summed E-state index contributed by atoms with van der Waals surface area (Å²) in [5.74, 6) is -0.0924. The van der Waals surface area contributed by atoms with Crippen molar-refractivity contribution in [3.05, 3.63) is 0 Å². The van der Waals surface area contributed by atoms with E-state index < -0.39 is 6.10 Å². The molecule has 3 amide bonds. The molecule has 8 nitrogen and oxygen atoms in total. The van der Waals surface area contributed by atoms with E-state index >= 15 is 0 Å². The van der Waals surface area contributed by atoms with Crippen molar-refractivity contribution in [1.82, 2.24) is 16.0 Å². The molecular formula is C18H33N3O5. The molecule has 150 valence electrons.